The van der Waals surface area contributed by atoms with Crippen molar-refractivity contribution in [3.8, 4) is 0 Å². The first kappa shape index (κ1) is 10.2. The molecule has 4 nitrogen and oxygen atoms in total. The van der Waals surface area contributed by atoms with Crippen molar-refractivity contribution in [2.45, 2.75) is 13.3 Å². The van der Waals surface area contributed by atoms with Crippen LogP contribution in [-0.2, 0) is 11.2 Å². The minimum Gasteiger partial charge on any atom is -0.411 e. The van der Waals surface area contributed by atoms with Crippen LogP contribution in [0.4, 0.5) is 5.69 Å². The molecular weight excluding hydrogens is 180 g/mol. The van der Waals surface area contributed by atoms with E-state index in [0.717, 1.165) is 23.9 Å². The summed E-state index contributed by atoms with van der Waals surface area (Å²) < 4.78 is 0. The normalized spacial score (nSPS) is 10.4. The Balaban J connectivity index is 2.80. The van der Waals surface area contributed by atoms with Gasteiger partial charge in [-0.25, -0.2) is 0 Å². The second-order valence-corrected chi connectivity index (χ2v) is 2.74. The third-order valence-corrected chi connectivity index (χ3v) is 1.83. The van der Waals surface area contributed by atoms with Crippen LogP contribution in [0.3, 0.4) is 0 Å². The molecule has 1 rings (SSSR count). The molecule has 1 aromatic rings. The number of carbonyl (C=O) groups excluding carboxylic acids is 1. The number of benzene rings is 1. The van der Waals surface area contributed by atoms with Crippen molar-refractivity contribution in [3.63, 3.8) is 0 Å². The third kappa shape index (κ3) is 2.58. The molecule has 0 saturated carbocycles. The molecule has 14 heavy (non-hydrogen) atoms. The van der Waals surface area contributed by atoms with E-state index in [1.807, 2.05) is 31.2 Å². The molecule has 0 heterocycles. The zero-order valence-corrected chi connectivity index (χ0v) is 7.90. The van der Waals surface area contributed by atoms with Crippen LogP contribution in [0.1, 0.15) is 12.5 Å². The number of nitrogens with zero attached hydrogens (tertiary/aromatic N) is 1. The lowest BCUT2D eigenvalue weighted by atomic mass is 10.1. The zero-order chi connectivity index (χ0) is 10.4. The summed E-state index contributed by atoms with van der Waals surface area (Å²) in [6, 6.07) is 7.49. The van der Waals surface area contributed by atoms with Crippen molar-refractivity contribution in [2.24, 2.45) is 5.16 Å². The summed E-state index contributed by atoms with van der Waals surface area (Å²) in [6.45, 7) is 2.01. The highest BCUT2D eigenvalue weighted by Gasteiger charge is 2.02. The van der Waals surface area contributed by atoms with E-state index in [9.17, 15) is 4.79 Å². The Morgan fingerprint density at radius 3 is 2.93 bits per heavy atom. The molecule has 74 valence electrons. The largest absolute Gasteiger partial charge is 0.411 e. The van der Waals surface area contributed by atoms with Crippen LogP contribution in [0, 0.1) is 0 Å². The Morgan fingerprint density at radius 1 is 1.57 bits per heavy atom. The topological polar surface area (TPSA) is 61.7 Å². The fourth-order valence-electron chi connectivity index (χ4n) is 1.17. The van der Waals surface area contributed by atoms with Gasteiger partial charge in [0, 0.05) is 5.69 Å². The van der Waals surface area contributed by atoms with E-state index >= 15 is 0 Å². The first-order valence-corrected chi connectivity index (χ1v) is 4.34. The standard InChI is InChI=1S/C10H12N2O2/c1-2-8-5-3-4-6-9(8)12-10(13)7-11-14/h3-7,14H,2H2,1H3,(H,12,13). The molecule has 0 unspecified atom stereocenters. The number of carbonyl (C=O) groups is 1. The van der Waals surface area contributed by atoms with Gasteiger partial charge in [-0.15, -0.1) is 0 Å². The van der Waals surface area contributed by atoms with Gasteiger partial charge in [0.2, 0.25) is 0 Å². The summed E-state index contributed by atoms with van der Waals surface area (Å²) >= 11 is 0. The molecule has 0 atom stereocenters. The van der Waals surface area contributed by atoms with E-state index < -0.39 is 5.91 Å². The predicted octanol–water partition coefficient (Wildman–Crippen LogP) is 1.65. The van der Waals surface area contributed by atoms with Gasteiger partial charge in [0.15, 0.2) is 0 Å². The van der Waals surface area contributed by atoms with Crippen molar-refractivity contribution in [2.75, 3.05) is 5.32 Å². The highest BCUT2D eigenvalue weighted by Crippen LogP contribution is 2.14. The SMILES string of the molecule is CCc1ccccc1NC(=O)C=NO. The summed E-state index contributed by atoms with van der Waals surface area (Å²) in [6.07, 6.45) is 1.67. The van der Waals surface area contributed by atoms with Crippen LogP contribution in [0.5, 0.6) is 0 Å². The van der Waals surface area contributed by atoms with Crippen molar-refractivity contribution in [1.29, 1.82) is 0 Å². The Hall–Kier alpha value is -1.84. The van der Waals surface area contributed by atoms with Crippen LogP contribution >= 0.6 is 0 Å². The van der Waals surface area contributed by atoms with E-state index in [4.69, 9.17) is 5.21 Å². The molecular formula is C10H12N2O2. The van der Waals surface area contributed by atoms with Gasteiger partial charge < -0.3 is 10.5 Å². The summed E-state index contributed by atoms with van der Waals surface area (Å²) in [5, 5.41) is 13.4. The molecule has 1 amide bonds. The maximum absolute atomic E-state index is 11.1. The van der Waals surface area contributed by atoms with Gasteiger partial charge in [0.05, 0.1) is 0 Å². The Kier molecular flexibility index (Phi) is 3.67. The number of anilines is 1. The monoisotopic (exact) mass is 192 g/mol. The van der Waals surface area contributed by atoms with Crippen LogP contribution in [-0.4, -0.2) is 17.3 Å². The van der Waals surface area contributed by atoms with E-state index in [0.29, 0.717) is 0 Å². The smallest absolute Gasteiger partial charge is 0.270 e. The maximum atomic E-state index is 11.1. The Morgan fingerprint density at radius 2 is 2.29 bits per heavy atom. The number of oxime groups is 1. The second-order valence-electron chi connectivity index (χ2n) is 2.74. The lowest BCUT2D eigenvalue weighted by molar-refractivity contribution is -0.110. The molecule has 0 spiro atoms. The molecule has 0 fully saturated rings. The van der Waals surface area contributed by atoms with Crippen LogP contribution in [0.15, 0.2) is 29.4 Å². The Bertz CT molecular complexity index is 348. The molecule has 4 heteroatoms. The molecule has 0 bridgehead atoms. The van der Waals surface area contributed by atoms with Crippen LogP contribution in [0.2, 0.25) is 0 Å². The van der Waals surface area contributed by atoms with Gasteiger partial charge in [-0.1, -0.05) is 30.3 Å². The lowest BCUT2D eigenvalue weighted by Gasteiger charge is -2.06. The number of para-hydroxylation sites is 1. The van der Waals surface area contributed by atoms with Gasteiger partial charge in [-0.2, -0.15) is 0 Å². The molecule has 0 aliphatic carbocycles. The number of amides is 1. The van der Waals surface area contributed by atoms with Crippen molar-refractivity contribution in [3.05, 3.63) is 29.8 Å². The predicted molar refractivity (Wildman–Crippen MR) is 54.7 cm³/mol. The fourth-order valence-corrected chi connectivity index (χ4v) is 1.17. The van der Waals surface area contributed by atoms with Gasteiger partial charge in [0.25, 0.3) is 5.91 Å². The highest BCUT2D eigenvalue weighted by atomic mass is 16.4. The van der Waals surface area contributed by atoms with Crippen LogP contribution < -0.4 is 5.32 Å². The van der Waals surface area contributed by atoms with Crippen LogP contribution in [0.25, 0.3) is 0 Å². The fraction of sp³-hybridized carbons (Fsp3) is 0.200. The Labute approximate surface area is 82.2 Å². The highest BCUT2D eigenvalue weighted by molar-refractivity contribution is 6.31. The summed E-state index contributed by atoms with van der Waals surface area (Å²) in [5.74, 6) is -0.437. The van der Waals surface area contributed by atoms with Gasteiger partial charge in [-0.3, -0.25) is 4.79 Å². The molecule has 2 N–H and O–H groups in total. The molecule has 0 aromatic heterocycles. The number of hydrogen-bond donors (Lipinski definition) is 2. The number of nitrogens with one attached hydrogen (secondary N) is 1. The van der Waals surface area contributed by atoms with Crippen molar-refractivity contribution in [1.82, 2.24) is 0 Å². The minimum absolute atomic E-state index is 0.437. The first-order chi connectivity index (χ1) is 6.77. The minimum atomic E-state index is -0.437. The van der Waals surface area contributed by atoms with Crippen molar-refractivity contribution < 1.29 is 10.0 Å². The summed E-state index contributed by atoms with van der Waals surface area (Å²) in [5.41, 5.74) is 1.80. The average Bonchev–Trinajstić information content (AvgIpc) is 2.19. The van der Waals surface area contributed by atoms with E-state index in [2.05, 4.69) is 10.5 Å². The quantitative estimate of drug-likeness (QED) is 0.434. The van der Waals surface area contributed by atoms with E-state index in [1.165, 1.54) is 0 Å². The molecule has 0 aliphatic rings. The molecule has 1 aromatic carbocycles. The third-order valence-electron chi connectivity index (χ3n) is 1.83. The number of aryl methyl sites for hydroxylation is 1. The zero-order valence-electron chi connectivity index (χ0n) is 7.90. The number of hydrogen-bond acceptors (Lipinski definition) is 3. The van der Waals surface area contributed by atoms with Crippen molar-refractivity contribution >= 4 is 17.8 Å². The van der Waals surface area contributed by atoms with Gasteiger partial charge >= 0.3 is 0 Å². The van der Waals surface area contributed by atoms with E-state index in [-0.39, 0.29) is 0 Å². The second kappa shape index (κ2) is 5.01. The summed E-state index contributed by atoms with van der Waals surface area (Å²) in [7, 11) is 0. The van der Waals surface area contributed by atoms with Gasteiger partial charge in [-0.05, 0) is 18.1 Å². The molecule has 0 aliphatic heterocycles. The summed E-state index contributed by atoms with van der Waals surface area (Å²) in [4.78, 5) is 11.1. The first-order valence-electron chi connectivity index (χ1n) is 4.34. The maximum Gasteiger partial charge on any atom is 0.270 e. The molecule has 0 saturated heterocycles. The molecule has 0 radical (unpaired) electrons. The lowest BCUT2D eigenvalue weighted by Crippen LogP contribution is -2.13. The number of rotatable bonds is 3. The van der Waals surface area contributed by atoms with E-state index in [1.54, 1.807) is 0 Å². The van der Waals surface area contributed by atoms with Gasteiger partial charge in [0.1, 0.15) is 6.21 Å². The average molecular weight is 192 g/mol.